The Labute approximate surface area is 251 Å². The van der Waals surface area contributed by atoms with Crippen molar-refractivity contribution < 1.29 is 50.1 Å². The van der Waals surface area contributed by atoms with E-state index in [-0.39, 0.29) is 36.8 Å². The average Bonchev–Trinajstić information content (AvgIpc) is 3.44. The van der Waals surface area contributed by atoms with E-state index in [2.05, 4.69) is 12.2 Å². The van der Waals surface area contributed by atoms with E-state index < -0.39 is 18.4 Å². The van der Waals surface area contributed by atoms with E-state index in [1.807, 2.05) is 21.7 Å². The Balaban J connectivity index is 0.0000144. The monoisotopic (exact) mass is 636 g/mol. The number of carbonyl (C=O) groups excluding carboxylic acids is 2. The number of thiazole rings is 1. The lowest BCUT2D eigenvalue weighted by molar-refractivity contribution is -0.693. The van der Waals surface area contributed by atoms with Crippen LogP contribution in [-0.4, -0.2) is 51.8 Å². The van der Waals surface area contributed by atoms with E-state index in [9.17, 15) is 9.59 Å². The number of carbonyl (C=O) groups is 2. The quantitative estimate of drug-likeness (QED) is 0.0984. The van der Waals surface area contributed by atoms with Crippen molar-refractivity contribution in [1.82, 2.24) is 5.32 Å². The maximum atomic E-state index is 11.8. The highest BCUT2D eigenvalue weighted by molar-refractivity contribution is 7.07. The normalized spacial score (nSPS) is 11.4. The highest BCUT2D eigenvalue weighted by Gasteiger charge is 2.18. The van der Waals surface area contributed by atoms with E-state index in [1.54, 1.807) is 11.3 Å². The van der Waals surface area contributed by atoms with Crippen LogP contribution >= 0.6 is 11.3 Å². The van der Waals surface area contributed by atoms with Crippen molar-refractivity contribution in [2.45, 2.75) is 122 Å². The van der Waals surface area contributed by atoms with E-state index >= 15 is 0 Å². The molecule has 1 rings (SSSR count). The Morgan fingerprint density at radius 2 is 1.36 bits per heavy atom. The molecule has 0 aliphatic heterocycles. The summed E-state index contributed by atoms with van der Waals surface area (Å²) in [5.41, 5.74) is 1.93. The molecule has 8 nitrogen and oxygen atoms in total. The van der Waals surface area contributed by atoms with E-state index in [0.29, 0.717) is 13.2 Å². The fraction of sp³-hybridized carbons (Fsp3) is 0.828. The maximum Gasteiger partial charge on any atom is 0.508 e. The molecule has 0 saturated heterocycles. The summed E-state index contributed by atoms with van der Waals surface area (Å²) in [7, 11) is 1.48. The molecule has 0 fully saturated rings. The van der Waals surface area contributed by atoms with Crippen LogP contribution in [0.25, 0.3) is 0 Å². The molecule has 0 aromatic carbocycles. The van der Waals surface area contributed by atoms with Gasteiger partial charge in [0.2, 0.25) is 5.51 Å². The molecule has 1 unspecified atom stereocenters. The number of rotatable bonds is 25. The molecule has 1 heterocycles. The number of ether oxygens (including phenoxy) is 4. The Morgan fingerprint density at radius 1 is 0.795 bits per heavy atom. The van der Waals surface area contributed by atoms with Crippen molar-refractivity contribution in [1.29, 1.82) is 0 Å². The molecule has 0 bridgehead atoms. The molecule has 1 atom stereocenters. The van der Waals surface area contributed by atoms with Gasteiger partial charge < -0.3 is 41.2 Å². The van der Waals surface area contributed by atoms with Gasteiger partial charge in [-0.05, 0) is 6.42 Å². The Morgan fingerprint density at radius 3 is 1.87 bits per heavy atom. The summed E-state index contributed by atoms with van der Waals surface area (Å²) in [5, 5.41) is 4.35. The fourth-order valence-corrected chi connectivity index (χ4v) is 4.75. The predicted molar refractivity (Wildman–Crippen MR) is 152 cm³/mol. The van der Waals surface area contributed by atoms with Crippen LogP contribution in [0.2, 0.25) is 0 Å². The van der Waals surface area contributed by atoms with Gasteiger partial charge in [0.15, 0.2) is 25.5 Å². The molecule has 0 spiro atoms. The van der Waals surface area contributed by atoms with Crippen molar-refractivity contribution in [3.63, 3.8) is 0 Å². The third-order valence-corrected chi connectivity index (χ3v) is 7.08. The summed E-state index contributed by atoms with van der Waals surface area (Å²) in [5.74, 6) is 0. The summed E-state index contributed by atoms with van der Waals surface area (Å²) in [6.07, 6.45) is 21.1. The van der Waals surface area contributed by atoms with E-state index in [1.165, 1.54) is 96.9 Å². The van der Waals surface area contributed by atoms with Crippen LogP contribution in [-0.2, 0) is 25.5 Å². The lowest BCUT2D eigenvalue weighted by Crippen LogP contribution is -3.00. The minimum absolute atomic E-state index is 0. The van der Waals surface area contributed by atoms with Crippen LogP contribution in [0.4, 0.5) is 9.59 Å². The Kier molecular flexibility index (Phi) is 27.1. The molecular weight excluding hydrogens is 584 g/mol. The molecule has 228 valence electrons. The van der Waals surface area contributed by atoms with Crippen molar-refractivity contribution in [2.75, 3.05) is 33.5 Å². The number of nitrogens with one attached hydrogen (secondary N) is 1. The first-order chi connectivity index (χ1) is 18.7. The molecule has 1 aromatic heterocycles. The lowest BCUT2D eigenvalue weighted by Gasteiger charge is -2.17. The van der Waals surface area contributed by atoms with Crippen LogP contribution in [0.1, 0.15) is 110 Å². The van der Waals surface area contributed by atoms with Gasteiger partial charge >= 0.3 is 12.2 Å². The second-order valence-corrected chi connectivity index (χ2v) is 10.6. The molecular formula is C29H53BrN2O6S. The molecule has 1 amide bonds. The van der Waals surface area contributed by atoms with E-state index in [4.69, 9.17) is 18.9 Å². The zero-order valence-electron chi connectivity index (χ0n) is 24.3. The van der Waals surface area contributed by atoms with E-state index in [0.717, 1.165) is 12.8 Å². The van der Waals surface area contributed by atoms with Crippen LogP contribution in [0, 0.1) is 0 Å². The first-order valence-corrected chi connectivity index (χ1v) is 15.8. The topological polar surface area (TPSA) is 87.0 Å². The average molecular weight is 638 g/mol. The highest BCUT2D eigenvalue weighted by atomic mass is 79.9. The van der Waals surface area contributed by atoms with Gasteiger partial charge in [0.05, 0.1) is 12.0 Å². The summed E-state index contributed by atoms with van der Waals surface area (Å²) in [4.78, 5) is 23.4. The minimum atomic E-state index is -0.788. The van der Waals surface area contributed by atoms with Gasteiger partial charge in [-0.2, -0.15) is 4.57 Å². The zero-order chi connectivity index (χ0) is 27.5. The second kappa shape index (κ2) is 28.1. The number of amides is 1. The molecule has 1 aromatic rings. The van der Waals surface area contributed by atoms with Crippen molar-refractivity contribution in [3.8, 4) is 0 Å². The van der Waals surface area contributed by atoms with Gasteiger partial charge in [-0.25, -0.2) is 9.59 Å². The number of hydrogen-bond acceptors (Lipinski definition) is 7. The Bertz CT molecular complexity index is 681. The molecule has 0 saturated carbocycles. The molecule has 39 heavy (non-hydrogen) atoms. The zero-order valence-corrected chi connectivity index (χ0v) is 26.7. The lowest BCUT2D eigenvalue weighted by atomic mass is 10.0. The second-order valence-electron chi connectivity index (χ2n) is 9.83. The molecule has 0 aliphatic carbocycles. The van der Waals surface area contributed by atoms with Crippen molar-refractivity contribution in [3.05, 3.63) is 17.1 Å². The molecule has 0 aliphatic rings. The third kappa shape index (κ3) is 24.2. The first-order valence-electron chi connectivity index (χ1n) is 14.8. The third-order valence-electron chi connectivity index (χ3n) is 6.41. The van der Waals surface area contributed by atoms with Gasteiger partial charge in [-0.1, -0.05) is 115 Å². The summed E-state index contributed by atoms with van der Waals surface area (Å²) in [6, 6.07) is 0. The fourth-order valence-electron chi connectivity index (χ4n) is 4.12. The number of unbranched alkanes of at least 4 members (excludes halogenated alkanes) is 15. The summed E-state index contributed by atoms with van der Waals surface area (Å²) >= 11 is 1.56. The van der Waals surface area contributed by atoms with Gasteiger partial charge in [-0.15, -0.1) is 0 Å². The van der Waals surface area contributed by atoms with Crippen molar-refractivity contribution in [2.24, 2.45) is 0 Å². The maximum absolute atomic E-state index is 11.8. The number of nitrogens with zero attached hydrogens (tertiary/aromatic N) is 1. The first kappa shape index (κ1) is 37.6. The number of halogens is 1. The number of alkyl carbamates (subject to hydrolysis) is 1. The molecule has 1 N–H and O–H groups in total. The Hall–Kier alpha value is -1.39. The highest BCUT2D eigenvalue weighted by Crippen LogP contribution is 2.13. The van der Waals surface area contributed by atoms with Crippen LogP contribution in [0.15, 0.2) is 17.1 Å². The van der Waals surface area contributed by atoms with Gasteiger partial charge in [0.25, 0.3) is 0 Å². The standard InChI is InChI=1S/C29H52N2O6S.BrH/c1-3-4-5-6-7-8-9-10-11-12-13-14-15-16-17-18-21-34-24-27(37-28(32)30-2)25-36-29(33)35-22-19-31-20-23-38-26-31;/h20,23,26-27H,3-19,21-22,24-25H2,1-2H3;1H. The van der Waals surface area contributed by atoms with Crippen LogP contribution in [0.5, 0.6) is 0 Å². The number of aromatic nitrogens is 1. The van der Waals surface area contributed by atoms with Crippen LogP contribution < -0.4 is 26.9 Å². The molecule has 0 radical (unpaired) electrons. The largest absolute Gasteiger partial charge is 1.00 e. The van der Waals surface area contributed by atoms with Gasteiger partial charge in [0, 0.05) is 13.7 Å². The molecule has 10 heteroatoms. The minimum Gasteiger partial charge on any atom is -1.00 e. The predicted octanol–water partition coefficient (Wildman–Crippen LogP) is 4.20. The SMILES string of the molecule is CCCCCCCCCCCCCCCCCCOCC(COC(=O)OCC[n+]1ccsc1)OC(=O)NC.[Br-]. The smallest absolute Gasteiger partial charge is 0.508 e. The van der Waals surface area contributed by atoms with Gasteiger partial charge in [0.1, 0.15) is 6.61 Å². The van der Waals surface area contributed by atoms with Crippen LogP contribution in [0.3, 0.4) is 0 Å². The van der Waals surface area contributed by atoms with Crippen molar-refractivity contribution >= 4 is 23.6 Å². The number of hydrogen-bond donors (Lipinski definition) is 1. The summed E-state index contributed by atoms with van der Waals surface area (Å²) < 4.78 is 23.0. The summed E-state index contributed by atoms with van der Waals surface area (Å²) in [6.45, 7) is 3.68. The van der Waals surface area contributed by atoms with Gasteiger partial charge in [-0.3, -0.25) is 0 Å².